The lowest BCUT2D eigenvalue weighted by Crippen LogP contribution is -2.20. The fourth-order valence-electron chi connectivity index (χ4n) is 2.16. The molecular formula is C13H13NO. The first-order valence-corrected chi connectivity index (χ1v) is 5.26. The Balaban J connectivity index is 2.33. The predicted molar refractivity (Wildman–Crippen MR) is 61.0 cm³/mol. The van der Waals surface area contributed by atoms with Crippen molar-refractivity contribution in [3.63, 3.8) is 0 Å². The zero-order valence-corrected chi connectivity index (χ0v) is 8.44. The lowest BCUT2D eigenvalue weighted by Gasteiger charge is -2.24. The molecule has 1 aliphatic rings. The van der Waals surface area contributed by atoms with Gasteiger partial charge in [-0.25, -0.2) is 0 Å². The van der Waals surface area contributed by atoms with E-state index >= 15 is 0 Å². The summed E-state index contributed by atoms with van der Waals surface area (Å²) in [4.78, 5) is 0. The van der Waals surface area contributed by atoms with Gasteiger partial charge >= 0.3 is 0 Å². The molecule has 1 atom stereocenters. The summed E-state index contributed by atoms with van der Waals surface area (Å²) in [6.45, 7) is 0.724. The second kappa shape index (κ2) is 3.24. The van der Waals surface area contributed by atoms with Gasteiger partial charge in [0.25, 0.3) is 0 Å². The van der Waals surface area contributed by atoms with Crippen molar-refractivity contribution in [2.24, 2.45) is 5.73 Å². The smallest absolute Gasteiger partial charge is 0.131 e. The van der Waals surface area contributed by atoms with Crippen molar-refractivity contribution in [3.05, 3.63) is 42.0 Å². The second-order valence-electron chi connectivity index (χ2n) is 3.95. The molecule has 15 heavy (non-hydrogen) atoms. The predicted octanol–water partition coefficient (Wildman–Crippen LogP) is 2.62. The molecule has 1 heterocycles. The molecule has 0 amide bonds. The van der Waals surface area contributed by atoms with Crippen LogP contribution in [0.5, 0.6) is 5.75 Å². The van der Waals surface area contributed by atoms with Crippen molar-refractivity contribution in [3.8, 4) is 5.75 Å². The molecule has 2 aromatic rings. The SMILES string of the molecule is N[C@@H]1CCOc2c1ccc1ccccc21. The second-order valence-corrected chi connectivity index (χ2v) is 3.95. The first-order chi connectivity index (χ1) is 7.36. The lowest BCUT2D eigenvalue weighted by molar-refractivity contribution is 0.272. The Morgan fingerprint density at radius 2 is 2.00 bits per heavy atom. The summed E-state index contributed by atoms with van der Waals surface area (Å²) in [7, 11) is 0. The topological polar surface area (TPSA) is 35.2 Å². The third-order valence-electron chi connectivity index (χ3n) is 2.98. The van der Waals surface area contributed by atoms with Gasteiger partial charge in [0, 0.05) is 23.4 Å². The number of rotatable bonds is 0. The van der Waals surface area contributed by atoms with Crippen LogP contribution in [0.4, 0.5) is 0 Å². The minimum Gasteiger partial charge on any atom is -0.493 e. The van der Waals surface area contributed by atoms with Crippen LogP contribution in [0.15, 0.2) is 36.4 Å². The number of fused-ring (bicyclic) bond motifs is 3. The Morgan fingerprint density at radius 1 is 1.13 bits per heavy atom. The quantitative estimate of drug-likeness (QED) is 0.707. The average molecular weight is 199 g/mol. The van der Waals surface area contributed by atoms with Gasteiger partial charge in [0.2, 0.25) is 0 Å². The van der Waals surface area contributed by atoms with E-state index in [2.05, 4.69) is 24.3 Å². The third kappa shape index (κ3) is 1.29. The molecule has 1 aliphatic heterocycles. The third-order valence-corrected chi connectivity index (χ3v) is 2.98. The highest BCUT2D eigenvalue weighted by Crippen LogP contribution is 2.36. The van der Waals surface area contributed by atoms with Gasteiger partial charge in [0.05, 0.1) is 6.61 Å². The van der Waals surface area contributed by atoms with Crippen LogP contribution in [-0.2, 0) is 0 Å². The molecule has 0 fully saturated rings. The van der Waals surface area contributed by atoms with Crippen LogP contribution in [-0.4, -0.2) is 6.61 Å². The summed E-state index contributed by atoms with van der Waals surface area (Å²) >= 11 is 0. The van der Waals surface area contributed by atoms with Crippen molar-refractivity contribution in [1.82, 2.24) is 0 Å². The zero-order valence-electron chi connectivity index (χ0n) is 8.44. The molecule has 2 aromatic carbocycles. The van der Waals surface area contributed by atoms with Crippen LogP contribution >= 0.6 is 0 Å². The standard InChI is InChI=1S/C13H13NO/c14-12-7-8-15-13-10-4-2-1-3-9(10)5-6-11(12)13/h1-6,12H,7-8,14H2/t12-/m1/s1. The van der Waals surface area contributed by atoms with Crippen LogP contribution in [0.1, 0.15) is 18.0 Å². The maximum Gasteiger partial charge on any atom is 0.131 e. The molecule has 2 nitrogen and oxygen atoms in total. The van der Waals surface area contributed by atoms with E-state index in [4.69, 9.17) is 10.5 Å². The molecule has 0 aromatic heterocycles. The van der Waals surface area contributed by atoms with Crippen LogP contribution in [0.2, 0.25) is 0 Å². The Labute approximate surface area is 88.7 Å². The molecule has 0 bridgehead atoms. The normalized spacial score (nSPS) is 19.7. The van der Waals surface area contributed by atoms with Crippen molar-refractivity contribution >= 4 is 10.8 Å². The summed E-state index contributed by atoms with van der Waals surface area (Å²) in [6, 6.07) is 12.6. The van der Waals surface area contributed by atoms with E-state index in [0.717, 1.165) is 24.3 Å². The van der Waals surface area contributed by atoms with E-state index in [0.29, 0.717) is 0 Å². The Kier molecular flexibility index (Phi) is 1.89. The number of hydrogen-bond donors (Lipinski definition) is 1. The maximum atomic E-state index is 6.06. The fourth-order valence-corrected chi connectivity index (χ4v) is 2.16. The van der Waals surface area contributed by atoms with E-state index in [-0.39, 0.29) is 6.04 Å². The lowest BCUT2D eigenvalue weighted by atomic mass is 9.97. The molecular weight excluding hydrogens is 186 g/mol. The first-order valence-electron chi connectivity index (χ1n) is 5.26. The molecule has 0 unspecified atom stereocenters. The molecule has 2 N–H and O–H groups in total. The van der Waals surface area contributed by atoms with Crippen LogP contribution in [0.3, 0.4) is 0 Å². The Bertz CT molecular complexity index is 507. The fraction of sp³-hybridized carbons (Fsp3) is 0.231. The van der Waals surface area contributed by atoms with Crippen molar-refractivity contribution in [2.75, 3.05) is 6.61 Å². The Morgan fingerprint density at radius 3 is 2.93 bits per heavy atom. The maximum absolute atomic E-state index is 6.06. The molecule has 0 saturated heterocycles. The Hall–Kier alpha value is -1.54. The van der Waals surface area contributed by atoms with Gasteiger partial charge in [-0.05, 0) is 5.39 Å². The summed E-state index contributed by atoms with van der Waals surface area (Å²) < 4.78 is 5.73. The van der Waals surface area contributed by atoms with Crippen molar-refractivity contribution in [2.45, 2.75) is 12.5 Å². The van der Waals surface area contributed by atoms with E-state index in [1.807, 2.05) is 12.1 Å². The van der Waals surface area contributed by atoms with Gasteiger partial charge in [-0.1, -0.05) is 36.4 Å². The van der Waals surface area contributed by atoms with E-state index in [1.54, 1.807) is 0 Å². The molecule has 0 saturated carbocycles. The van der Waals surface area contributed by atoms with Gasteiger partial charge in [-0.2, -0.15) is 0 Å². The number of hydrogen-bond acceptors (Lipinski definition) is 2. The highest BCUT2D eigenvalue weighted by molar-refractivity contribution is 5.89. The first kappa shape index (κ1) is 8.74. The molecule has 76 valence electrons. The van der Waals surface area contributed by atoms with Gasteiger partial charge in [-0.3, -0.25) is 0 Å². The summed E-state index contributed by atoms with van der Waals surface area (Å²) in [5.74, 6) is 0.979. The summed E-state index contributed by atoms with van der Waals surface area (Å²) in [5, 5.41) is 2.38. The van der Waals surface area contributed by atoms with E-state index < -0.39 is 0 Å². The van der Waals surface area contributed by atoms with Crippen molar-refractivity contribution < 1.29 is 4.74 Å². The van der Waals surface area contributed by atoms with Crippen LogP contribution < -0.4 is 10.5 Å². The molecule has 0 aliphatic carbocycles. The largest absolute Gasteiger partial charge is 0.493 e. The van der Waals surface area contributed by atoms with Gasteiger partial charge < -0.3 is 10.5 Å². The molecule has 0 radical (unpaired) electrons. The van der Waals surface area contributed by atoms with Gasteiger partial charge in [0.15, 0.2) is 0 Å². The highest BCUT2D eigenvalue weighted by Gasteiger charge is 2.19. The monoisotopic (exact) mass is 199 g/mol. The van der Waals surface area contributed by atoms with Gasteiger partial charge in [-0.15, -0.1) is 0 Å². The molecule has 2 heteroatoms. The molecule has 3 rings (SSSR count). The molecule has 0 spiro atoms. The number of nitrogens with two attached hydrogens (primary N) is 1. The van der Waals surface area contributed by atoms with Crippen LogP contribution in [0, 0.1) is 0 Å². The van der Waals surface area contributed by atoms with E-state index in [9.17, 15) is 0 Å². The average Bonchev–Trinajstić information content (AvgIpc) is 2.29. The van der Waals surface area contributed by atoms with Gasteiger partial charge in [0.1, 0.15) is 5.75 Å². The van der Waals surface area contributed by atoms with Crippen LogP contribution in [0.25, 0.3) is 10.8 Å². The number of benzene rings is 2. The minimum absolute atomic E-state index is 0.123. The summed E-state index contributed by atoms with van der Waals surface area (Å²) in [5.41, 5.74) is 7.20. The minimum atomic E-state index is 0.123. The summed E-state index contributed by atoms with van der Waals surface area (Å²) in [6.07, 6.45) is 0.908. The highest BCUT2D eigenvalue weighted by atomic mass is 16.5. The zero-order chi connectivity index (χ0) is 10.3. The number of ether oxygens (including phenoxy) is 1. The van der Waals surface area contributed by atoms with Crippen molar-refractivity contribution in [1.29, 1.82) is 0 Å². The van der Waals surface area contributed by atoms with E-state index in [1.165, 1.54) is 10.8 Å².